The van der Waals surface area contributed by atoms with Crippen molar-refractivity contribution in [2.45, 2.75) is 20.0 Å². The van der Waals surface area contributed by atoms with Gasteiger partial charge in [0.15, 0.2) is 0 Å². The molecule has 0 N–H and O–H groups in total. The van der Waals surface area contributed by atoms with Crippen LogP contribution in [-0.4, -0.2) is 13.7 Å². The highest BCUT2D eigenvalue weighted by Crippen LogP contribution is 2.37. The van der Waals surface area contributed by atoms with Crippen LogP contribution in [0.4, 0.5) is 0 Å². The maximum Gasteiger partial charge on any atom is 0.0502 e. The zero-order chi connectivity index (χ0) is 24.7. The summed E-state index contributed by atoms with van der Waals surface area (Å²) in [5.74, 6) is 0. The molecule has 3 heteroatoms. The quantitative estimate of drug-likeness (QED) is 0.242. The minimum atomic E-state index is 0.833. The topological polar surface area (TPSA) is 14.8 Å². The highest BCUT2D eigenvalue weighted by atomic mass is 15.0. The lowest BCUT2D eigenvalue weighted by Gasteiger charge is -2.09. The second-order valence-corrected chi connectivity index (χ2v) is 10.2. The third-order valence-corrected chi connectivity index (χ3v) is 8.30. The highest BCUT2D eigenvalue weighted by Gasteiger charge is 2.17. The normalized spacial score (nSPS) is 12.3. The summed E-state index contributed by atoms with van der Waals surface area (Å²) in [6.07, 6.45) is 0. The molecule has 0 spiro atoms. The molecule has 0 aliphatic carbocycles. The molecular weight excluding hydrogens is 450 g/mol. The summed E-state index contributed by atoms with van der Waals surface area (Å²) in [6.45, 7) is 4.03. The van der Waals surface area contributed by atoms with Crippen LogP contribution >= 0.6 is 0 Å². The first-order valence-corrected chi connectivity index (χ1v) is 13.1. The van der Waals surface area contributed by atoms with Gasteiger partial charge in [0.25, 0.3) is 0 Å². The summed E-state index contributed by atoms with van der Waals surface area (Å²) in [4.78, 5) is 0. The molecular formula is C34H27N3. The minimum Gasteiger partial charge on any atom is -0.344 e. The summed E-state index contributed by atoms with van der Waals surface area (Å²) < 4.78 is 7.28. The van der Waals surface area contributed by atoms with Crippen LogP contribution in [0.2, 0.25) is 0 Å². The Morgan fingerprint density at radius 3 is 1.62 bits per heavy atom. The fourth-order valence-electron chi connectivity index (χ4n) is 6.59. The fraction of sp³-hybridized carbons (Fsp3) is 0.118. The smallest absolute Gasteiger partial charge is 0.0502 e. The van der Waals surface area contributed by atoms with Gasteiger partial charge in [-0.1, -0.05) is 66.7 Å². The predicted molar refractivity (Wildman–Crippen MR) is 158 cm³/mol. The van der Waals surface area contributed by atoms with Crippen molar-refractivity contribution in [3.05, 3.63) is 109 Å². The van der Waals surface area contributed by atoms with Gasteiger partial charge in [-0.3, -0.25) is 0 Å². The summed E-state index contributed by atoms with van der Waals surface area (Å²) in [5.41, 5.74) is 9.09. The SMILES string of the molecule is CCn1c2ccccc2c2cc3c(cc21)c1ccccc1n3Cc1ccc2c3ccccc3n(C)c2c1. The molecule has 0 amide bonds. The molecule has 8 rings (SSSR count). The molecule has 3 heterocycles. The van der Waals surface area contributed by atoms with E-state index in [1.165, 1.54) is 71.0 Å². The molecule has 0 saturated heterocycles. The van der Waals surface area contributed by atoms with Crippen molar-refractivity contribution in [1.82, 2.24) is 13.7 Å². The molecule has 178 valence electrons. The second-order valence-electron chi connectivity index (χ2n) is 10.2. The van der Waals surface area contributed by atoms with Crippen LogP contribution in [0.3, 0.4) is 0 Å². The van der Waals surface area contributed by atoms with E-state index < -0.39 is 0 Å². The van der Waals surface area contributed by atoms with Crippen LogP contribution in [0.1, 0.15) is 12.5 Å². The van der Waals surface area contributed by atoms with E-state index in [-0.39, 0.29) is 0 Å². The maximum absolute atomic E-state index is 2.51. The molecule has 0 bridgehead atoms. The first-order valence-electron chi connectivity index (χ1n) is 13.1. The molecule has 0 unspecified atom stereocenters. The van der Waals surface area contributed by atoms with Crippen molar-refractivity contribution < 1.29 is 0 Å². The van der Waals surface area contributed by atoms with Gasteiger partial charge in [-0.25, -0.2) is 0 Å². The van der Waals surface area contributed by atoms with Gasteiger partial charge in [-0.2, -0.15) is 0 Å². The van der Waals surface area contributed by atoms with Gasteiger partial charge in [-0.15, -0.1) is 0 Å². The number of aryl methyl sites for hydroxylation is 2. The first kappa shape index (κ1) is 20.7. The van der Waals surface area contributed by atoms with Crippen molar-refractivity contribution in [3.8, 4) is 0 Å². The molecule has 0 atom stereocenters. The summed E-state index contributed by atoms with van der Waals surface area (Å²) in [6, 6.07) is 38.2. The maximum atomic E-state index is 2.51. The summed E-state index contributed by atoms with van der Waals surface area (Å²) >= 11 is 0. The Balaban J connectivity index is 1.40. The van der Waals surface area contributed by atoms with Gasteiger partial charge in [0.05, 0.1) is 5.52 Å². The van der Waals surface area contributed by atoms with Gasteiger partial charge < -0.3 is 13.7 Å². The van der Waals surface area contributed by atoms with Gasteiger partial charge in [-0.05, 0) is 48.9 Å². The van der Waals surface area contributed by atoms with E-state index in [0.717, 1.165) is 13.1 Å². The minimum absolute atomic E-state index is 0.833. The second kappa shape index (κ2) is 7.50. The van der Waals surface area contributed by atoms with Crippen molar-refractivity contribution in [1.29, 1.82) is 0 Å². The van der Waals surface area contributed by atoms with E-state index in [2.05, 4.69) is 131 Å². The molecule has 8 aromatic rings. The molecule has 0 radical (unpaired) electrons. The van der Waals surface area contributed by atoms with E-state index in [1.54, 1.807) is 0 Å². The Bertz CT molecular complexity index is 2170. The average molecular weight is 478 g/mol. The number of rotatable bonds is 3. The largest absolute Gasteiger partial charge is 0.344 e. The lowest BCUT2D eigenvalue weighted by atomic mass is 10.1. The monoisotopic (exact) mass is 477 g/mol. The zero-order valence-electron chi connectivity index (χ0n) is 21.1. The zero-order valence-corrected chi connectivity index (χ0v) is 21.1. The van der Waals surface area contributed by atoms with Crippen LogP contribution in [0, 0.1) is 0 Å². The Labute approximate surface area is 214 Å². The third-order valence-electron chi connectivity index (χ3n) is 8.30. The van der Waals surface area contributed by atoms with Crippen LogP contribution < -0.4 is 0 Å². The van der Waals surface area contributed by atoms with Crippen molar-refractivity contribution in [3.63, 3.8) is 0 Å². The third kappa shape index (κ3) is 2.77. The van der Waals surface area contributed by atoms with E-state index in [4.69, 9.17) is 0 Å². The number of hydrogen-bond donors (Lipinski definition) is 0. The Morgan fingerprint density at radius 1 is 0.459 bits per heavy atom. The highest BCUT2D eigenvalue weighted by molar-refractivity contribution is 6.18. The van der Waals surface area contributed by atoms with Crippen LogP contribution in [0.15, 0.2) is 103 Å². The Kier molecular flexibility index (Phi) is 4.19. The number of benzene rings is 5. The molecule has 3 nitrogen and oxygen atoms in total. The van der Waals surface area contributed by atoms with E-state index in [1.807, 2.05) is 0 Å². The van der Waals surface area contributed by atoms with Crippen molar-refractivity contribution in [2.24, 2.45) is 7.05 Å². The van der Waals surface area contributed by atoms with Crippen molar-refractivity contribution >= 4 is 65.4 Å². The Morgan fingerprint density at radius 2 is 0.973 bits per heavy atom. The molecule has 5 aromatic carbocycles. The van der Waals surface area contributed by atoms with Gasteiger partial charge in [0, 0.05) is 80.0 Å². The Hall–Kier alpha value is -4.50. The van der Waals surface area contributed by atoms with Gasteiger partial charge in [0.2, 0.25) is 0 Å². The van der Waals surface area contributed by atoms with Crippen LogP contribution in [0.5, 0.6) is 0 Å². The van der Waals surface area contributed by atoms with Gasteiger partial charge >= 0.3 is 0 Å². The number of fused-ring (bicyclic) bond motifs is 9. The lowest BCUT2D eigenvalue weighted by Crippen LogP contribution is -2.00. The van der Waals surface area contributed by atoms with Gasteiger partial charge in [0.1, 0.15) is 0 Å². The predicted octanol–water partition coefficient (Wildman–Crippen LogP) is 8.62. The van der Waals surface area contributed by atoms with Crippen LogP contribution in [-0.2, 0) is 20.1 Å². The molecule has 0 aliphatic heterocycles. The first-order chi connectivity index (χ1) is 18.2. The summed E-state index contributed by atoms with van der Waals surface area (Å²) in [5, 5.41) is 7.94. The average Bonchev–Trinajstić information content (AvgIpc) is 3.53. The molecule has 3 aromatic heterocycles. The number of para-hydroxylation sites is 3. The fourth-order valence-corrected chi connectivity index (χ4v) is 6.59. The molecule has 0 saturated carbocycles. The number of hydrogen-bond acceptors (Lipinski definition) is 0. The standard InChI is InChI=1S/C34H27N3/c1-3-36-30-14-8-5-11-24(30)27-20-34-28(19-33(27)36)25-12-6-9-15-31(25)37(34)21-22-16-17-26-23-10-4-7-13-29(23)35(2)32(26)18-22/h4-20H,3,21H2,1-2H3. The lowest BCUT2D eigenvalue weighted by molar-refractivity contribution is 0.827. The van der Waals surface area contributed by atoms with Crippen molar-refractivity contribution in [2.75, 3.05) is 0 Å². The molecule has 0 aliphatic rings. The van der Waals surface area contributed by atoms with E-state index >= 15 is 0 Å². The summed E-state index contributed by atoms with van der Waals surface area (Å²) in [7, 11) is 2.18. The van der Waals surface area contributed by atoms with E-state index in [9.17, 15) is 0 Å². The van der Waals surface area contributed by atoms with E-state index in [0.29, 0.717) is 0 Å². The molecule has 0 fully saturated rings. The number of nitrogens with zero attached hydrogens (tertiary/aromatic N) is 3. The van der Waals surface area contributed by atoms with Crippen LogP contribution in [0.25, 0.3) is 65.4 Å². The number of aromatic nitrogens is 3. The molecule has 37 heavy (non-hydrogen) atoms.